The highest BCUT2D eigenvalue weighted by Gasteiger charge is 2.35. The molecule has 5 heteroatoms. The highest BCUT2D eigenvalue weighted by Crippen LogP contribution is 2.37. The van der Waals surface area contributed by atoms with Crippen molar-refractivity contribution in [2.24, 2.45) is 0 Å². The van der Waals surface area contributed by atoms with Gasteiger partial charge in [-0.05, 0) is 42.5 Å². The van der Waals surface area contributed by atoms with E-state index in [1.807, 2.05) is 18.2 Å². The van der Waals surface area contributed by atoms with E-state index in [0.717, 1.165) is 0 Å². The molecule has 3 aromatic rings. The van der Waals surface area contributed by atoms with Gasteiger partial charge in [-0.3, -0.25) is 9.69 Å². The maximum atomic E-state index is 14.4. The molecule has 0 saturated heterocycles. The fourth-order valence-electron chi connectivity index (χ4n) is 3.04. The number of para-hydroxylation sites is 1. The monoisotopic (exact) mass is 352 g/mol. The Morgan fingerprint density at radius 1 is 0.920 bits per heavy atom. The van der Waals surface area contributed by atoms with Crippen LogP contribution in [0.15, 0.2) is 72.8 Å². The zero-order valence-electron chi connectivity index (χ0n) is 13.1. The SMILES string of the molecule is O=C1c2ccccc2N[C@H](c2ccccc2F)N1c1ccc(Cl)cc1. The first-order chi connectivity index (χ1) is 12.1. The van der Waals surface area contributed by atoms with E-state index < -0.39 is 6.17 Å². The Bertz CT molecular complexity index is 942. The van der Waals surface area contributed by atoms with E-state index >= 15 is 0 Å². The Hall–Kier alpha value is -2.85. The van der Waals surface area contributed by atoms with Gasteiger partial charge in [0.25, 0.3) is 5.91 Å². The van der Waals surface area contributed by atoms with Crippen LogP contribution in [0.25, 0.3) is 0 Å². The molecule has 0 spiro atoms. The summed E-state index contributed by atoms with van der Waals surface area (Å²) >= 11 is 5.97. The van der Waals surface area contributed by atoms with E-state index in [9.17, 15) is 9.18 Å². The molecular weight excluding hydrogens is 339 g/mol. The summed E-state index contributed by atoms with van der Waals surface area (Å²) in [5.74, 6) is -0.559. The summed E-state index contributed by atoms with van der Waals surface area (Å²) < 4.78 is 14.4. The lowest BCUT2D eigenvalue weighted by molar-refractivity contribution is 0.0974. The highest BCUT2D eigenvalue weighted by atomic mass is 35.5. The van der Waals surface area contributed by atoms with Crippen molar-refractivity contribution in [3.05, 3.63) is 94.8 Å². The van der Waals surface area contributed by atoms with Gasteiger partial charge in [-0.1, -0.05) is 41.9 Å². The lowest BCUT2D eigenvalue weighted by Gasteiger charge is -2.38. The minimum absolute atomic E-state index is 0.190. The van der Waals surface area contributed by atoms with E-state index in [0.29, 0.717) is 27.5 Å². The molecule has 1 aliphatic heterocycles. The molecule has 0 fully saturated rings. The van der Waals surface area contributed by atoms with Crippen molar-refractivity contribution in [1.29, 1.82) is 0 Å². The Balaban J connectivity index is 1.89. The third-order valence-electron chi connectivity index (χ3n) is 4.23. The van der Waals surface area contributed by atoms with Crippen LogP contribution in [-0.4, -0.2) is 5.91 Å². The van der Waals surface area contributed by atoms with E-state index in [1.54, 1.807) is 53.4 Å². The van der Waals surface area contributed by atoms with Gasteiger partial charge in [-0.2, -0.15) is 0 Å². The molecule has 124 valence electrons. The second-order valence-electron chi connectivity index (χ2n) is 5.77. The van der Waals surface area contributed by atoms with Gasteiger partial charge < -0.3 is 5.32 Å². The van der Waals surface area contributed by atoms with Crippen molar-refractivity contribution in [2.45, 2.75) is 6.17 Å². The average Bonchev–Trinajstić information content (AvgIpc) is 2.63. The average molecular weight is 353 g/mol. The first kappa shape index (κ1) is 15.7. The van der Waals surface area contributed by atoms with Crippen molar-refractivity contribution in [3.63, 3.8) is 0 Å². The van der Waals surface area contributed by atoms with Gasteiger partial charge >= 0.3 is 0 Å². The quantitative estimate of drug-likeness (QED) is 0.683. The van der Waals surface area contributed by atoms with Crippen LogP contribution in [-0.2, 0) is 0 Å². The normalized spacial score (nSPS) is 16.3. The lowest BCUT2D eigenvalue weighted by Crippen LogP contribution is -2.43. The summed E-state index contributed by atoms with van der Waals surface area (Å²) in [5.41, 5.74) is 2.28. The number of carbonyl (C=O) groups is 1. The molecule has 0 aromatic heterocycles. The van der Waals surface area contributed by atoms with Gasteiger partial charge in [0.1, 0.15) is 12.0 Å². The summed E-state index contributed by atoms with van der Waals surface area (Å²) in [6.07, 6.45) is -0.648. The molecule has 0 unspecified atom stereocenters. The van der Waals surface area contributed by atoms with Gasteiger partial charge in [0.05, 0.1) is 5.56 Å². The van der Waals surface area contributed by atoms with E-state index in [4.69, 9.17) is 11.6 Å². The summed E-state index contributed by atoms with van der Waals surface area (Å²) in [7, 11) is 0. The number of hydrogen-bond acceptors (Lipinski definition) is 2. The largest absolute Gasteiger partial charge is 0.360 e. The second kappa shape index (κ2) is 6.22. The Kier molecular flexibility index (Phi) is 3.90. The Morgan fingerprint density at radius 2 is 1.60 bits per heavy atom. The van der Waals surface area contributed by atoms with Crippen LogP contribution in [0, 0.1) is 5.82 Å². The zero-order valence-corrected chi connectivity index (χ0v) is 13.9. The van der Waals surface area contributed by atoms with Gasteiger partial charge in [-0.15, -0.1) is 0 Å². The Labute approximate surface area is 149 Å². The number of amides is 1. The minimum atomic E-state index is -0.648. The molecule has 25 heavy (non-hydrogen) atoms. The molecule has 1 N–H and O–H groups in total. The molecule has 0 bridgehead atoms. The van der Waals surface area contributed by atoms with Crippen molar-refractivity contribution in [1.82, 2.24) is 0 Å². The predicted octanol–water partition coefficient (Wildman–Crippen LogP) is 5.25. The number of benzene rings is 3. The van der Waals surface area contributed by atoms with Gasteiger partial charge in [0.2, 0.25) is 0 Å². The van der Waals surface area contributed by atoms with E-state index in [-0.39, 0.29) is 11.7 Å². The summed E-state index contributed by atoms with van der Waals surface area (Å²) in [6.45, 7) is 0. The van der Waals surface area contributed by atoms with Crippen molar-refractivity contribution in [3.8, 4) is 0 Å². The molecule has 3 aromatic carbocycles. The second-order valence-corrected chi connectivity index (χ2v) is 6.20. The van der Waals surface area contributed by atoms with Crippen LogP contribution in [0.4, 0.5) is 15.8 Å². The van der Waals surface area contributed by atoms with Crippen molar-refractivity contribution in [2.75, 3.05) is 10.2 Å². The van der Waals surface area contributed by atoms with Gasteiger partial charge in [-0.25, -0.2) is 4.39 Å². The van der Waals surface area contributed by atoms with Gasteiger partial charge in [0.15, 0.2) is 0 Å². The molecular formula is C20H14ClFN2O. The number of halogens is 2. The minimum Gasteiger partial charge on any atom is -0.360 e. The molecule has 3 nitrogen and oxygen atoms in total. The first-order valence-corrected chi connectivity index (χ1v) is 8.22. The standard InChI is InChI=1S/C20H14ClFN2O/c21-13-9-11-14(12-10-13)24-19(15-5-1-3-7-17(15)22)23-18-8-4-2-6-16(18)20(24)25/h1-12,19,23H/t19-/m0/s1. The first-order valence-electron chi connectivity index (χ1n) is 7.84. The number of carbonyl (C=O) groups excluding carboxylic acids is 1. The van der Waals surface area contributed by atoms with Gasteiger partial charge in [0, 0.05) is 22.0 Å². The van der Waals surface area contributed by atoms with Crippen LogP contribution in [0.3, 0.4) is 0 Å². The fourth-order valence-corrected chi connectivity index (χ4v) is 3.16. The van der Waals surface area contributed by atoms with Crippen LogP contribution in [0.5, 0.6) is 0 Å². The van der Waals surface area contributed by atoms with Crippen molar-refractivity contribution < 1.29 is 9.18 Å². The number of nitrogens with zero attached hydrogens (tertiary/aromatic N) is 1. The molecule has 1 aliphatic rings. The number of rotatable bonds is 2. The highest BCUT2D eigenvalue weighted by molar-refractivity contribution is 6.30. The molecule has 0 radical (unpaired) electrons. The number of anilines is 2. The molecule has 0 aliphatic carbocycles. The van der Waals surface area contributed by atoms with Crippen LogP contribution in [0.2, 0.25) is 5.02 Å². The van der Waals surface area contributed by atoms with E-state index in [1.165, 1.54) is 6.07 Å². The Morgan fingerprint density at radius 3 is 2.36 bits per heavy atom. The summed E-state index contributed by atoms with van der Waals surface area (Å²) in [5, 5.41) is 3.85. The third kappa shape index (κ3) is 2.75. The maximum absolute atomic E-state index is 14.4. The van der Waals surface area contributed by atoms with E-state index in [2.05, 4.69) is 5.32 Å². The van der Waals surface area contributed by atoms with Crippen LogP contribution < -0.4 is 10.2 Å². The number of nitrogens with one attached hydrogen (secondary N) is 1. The van der Waals surface area contributed by atoms with Crippen LogP contribution in [0.1, 0.15) is 22.1 Å². The molecule has 1 heterocycles. The van der Waals surface area contributed by atoms with Crippen LogP contribution >= 0.6 is 11.6 Å². The lowest BCUT2D eigenvalue weighted by atomic mass is 10.0. The molecule has 1 amide bonds. The number of fused-ring (bicyclic) bond motifs is 1. The number of hydrogen-bond donors (Lipinski definition) is 1. The smallest absolute Gasteiger partial charge is 0.262 e. The summed E-state index contributed by atoms with van der Waals surface area (Å²) in [4.78, 5) is 14.7. The molecule has 0 saturated carbocycles. The maximum Gasteiger partial charge on any atom is 0.262 e. The summed E-state index contributed by atoms with van der Waals surface area (Å²) in [6, 6.07) is 20.6. The predicted molar refractivity (Wildman–Crippen MR) is 97.5 cm³/mol. The zero-order chi connectivity index (χ0) is 17.4. The molecule has 1 atom stereocenters. The molecule has 4 rings (SSSR count). The van der Waals surface area contributed by atoms with Crippen molar-refractivity contribution >= 4 is 28.9 Å². The topological polar surface area (TPSA) is 32.3 Å². The fraction of sp³-hybridized carbons (Fsp3) is 0.0500. The third-order valence-corrected chi connectivity index (χ3v) is 4.48.